The van der Waals surface area contributed by atoms with Gasteiger partial charge in [-0.3, -0.25) is 0 Å². The van der Waals surface area contributed by atoms with Crippen LogP contribution in [0.2, 0.25) is 0 Å². The van der Waals surface area contributed by atoms with Crippen LogP contribution in [0, 0.1) is 0 Å². The summed E-state index contributed by atoms with van der Waals surface area (Å²) in [7, 11) is -3.40. The average Bonchev–Trinajstić information content (AvgIpc) is 3.25. The van der Waals surface area contributed by atoms with Crippen molar-refractivity contribution < 1.29 is 8.42 Å². The van der Waals surface area contributed by atoms with E-state index in [9.17, 15) is 8.42 Å². The molecule has 0 amide bonds. The third-order valence-corrected chi connectivity index (χ3v) is 6.80. The van der Waals surface area contributed by atoms with E-state index >= 15 is 0 Å². The molecule has 1 saturated heterocycles. The monoisotopic (exact) mass is 308 g/mol. The van der Waals surface area contributed by atoms with Crippen LogP contribution >= 0.6 is 0 Å². The van der Waals surface area contributed by atoms with E-state index in [2.05, 4.69) is 6.58 Å². The van der Waals surface area contributed by atoms with Gasteiger partial charge in [0.1, 0.15) is 5.25 Å². The molecule has 0 aliphatic carbocycles. The van der Waals surface area contributed by atoms with Crippen LogP contribution in [0.3, 0.4) is 0 Å². The van der Waals surface area contributed by atoms with Crippen LogP contribution in [0.25, 0.3) is 0 Å². The predicted octanol–water partition coefficient (Wildman–Crippen LogP) is 2.58. The highest BCUT2D eigenvalue weighted by Crippen LogP contribution is 2.45. The van der Waals surface area contributed by atoms with E-state index in [1.54, 1.807) is 4.31 Å². The fraction of sp³-hybridized carbons (Fsp3) is 0.500. The zero-order valence-corrected chi connectivity index (χ0v) is 13.6. The first-order chi connectivity index (χ1) is 9.95. The fourth-order valence-electron chi connectivity index (χ4n) is 2.83. The predicted molar refractivity (Wildman–Crippen MR) is 86.2 cm³/mol. The normalized spacial score (nSPS) is 21.8. The Bertz CT molecular complexity index is 604. The van der Waals surface area contributed by atoms with E-state index in [1.807, 2.05) is 38.1 Å². The lowest BCUT2D eigenvalue weighted by molar-refractivity contribution is 0.469. The maximum atomic E-state index is 12.8. The summed E-state index contributed by atoms with van der Waals surface area (Å²) in [6.07, 6.45) is 3.21. The second-order valence-corrected chi connectivity index (χ2v) is 7.56. The van der Waals surface area contributed by atoms with Crippen molar-refractivity contribution in [3.8, 4) is 0 Å². The lowest BCUT2D eigenvalue weighted by Crippen LogP contribution is -2.26. The number of nitrogens with two attached hydrogens (primary N) is 1. The van der Waals surface area contributed by atoms with Gasteiger partial charge in [-0.25, -0.2) is 8.42 Å². The molecule has 2 unspecified atom stereocenters. The van der Waals surface area contributed by atoms with Crippen LogP contribution in [0.4, 0.5) is 0 Å². The van der Waals surface area contributed by atoms with Crippen molar-refractivity contribution in [2.24, 2.45) is 5.73 Å². The van der Waals surface area contributed by atoms with Crippen molar-refractivity contribution in [1.29, 1.82) is 0 Å². The number of benzene rings is 1. The fourth-order valence-corrected chi connectivity index (χ4v) is 5.07. The number of hydrogen-bond acceptors (Lipinski definition) is 3. The standard InChI is InChI=1S/C16H24N2O2S/c1-4-15(14-9-7-13(11-17)8-10-14)21(19,20)18-12-16(18,5-2)6-3/h4,7-10,15H,1,5-6,11-12,17H2,2-3H3. The first-order valence-corrected chi connectivity index (χ1v) is 8.88. The molecule has 2 atom stereocenters. The summed E-state index contributed by atoms with van der Waals surface area (Å²) in [6, 6.07) is 7.40. The highest BCUT2D eigenvalue weighted by Gasteiger charge is 2.57. The van der Waals surface area contributed by atoms with E-state index in [1.165, 1.54) is 6.08 Å². The van der Waals surface area contributed by atoms with E-state index in [-0.39, 0.29) is 5.54 Å². The van der Waals surface area contributed by atoms with Crippen LogP contribution < -0.4 is 5.73 Å². The van der Waals surface area contributed by atoms with Gasteiger partial charge in [0.2, 0.25) is 10.0 Å². The van der Waals surface area contributed by atoms with Gasteiger partial charge in [0.15, 0.2) is 0 Å². The molecule has 21 heavy (non-hydrogen) atoms. The second kappa shape index (κ2) is 5.91. The lowest BCUT2D eigenvalue weighted by Gasteiger charge is -2.19. The molecule has 0 aromatic heterocycles. The Labute approximate surface area is 127 Å². The Balaban J connectivity index is 2.30. The molecule has 0 spiro atoms. The van der Waals surface area contributed by atoms with Gasteiger partial charge in [0, 0.05) is 18.6 Å². The first kappa shape index (κ1) is 16.2. The zero-order chi connectivity index (χ0) is 15.7. The molecule has 5 heteroatoms. The van der Waals surface area contributed by atoms with Crippen molar-refractivity contribution in [2.45, 2.75) is 44.0 Å². The Kier molecular flexibility index (Phi) is 4.56. The first-order valence-electron chi connectivity index (χ1n) is 7.38. The van der Waals surface area contributed by atoms with Crippen LogP contribution in [0.5, 0.6) is 0 Å². The van der Waals surface area contributed by atoms with Gasteiger partial charge in [-0.05, 0) is 24.0 Å². The van der Waals surface area contributed by atoms with Crippen molar-refractivity contribution in [3.63, 3.8) is 0 Å². The van der Waals surface area contributed by atoms with Gasteiger partial charge in [-0.15, -0.1) is 6.58 Å². The molecule has 0 radical (unpaired) electrons. The highest BCUT2D eigenvalue weighted by atomic mass is 32.2. The smallest absolute Gasteiger partial charge is 0.225 e. The Hall–Kier alpha value is -1.17. The Morgan fingerprint density at radius 2 is 1.90 bits per heavy atom. The molecule has 1 aliphatic heterocycles. The number of nitrogens with zero attached hydrogens (tertiary/aromatic N) is 1. The minimum atomic E-state index is -3.40. The molecule has 1 aromatic rings. The molecular weight excluding hydrogens is 284 g/mol. The van der Waals surface area contributed by atoms with Crippen molar-refractivity contribution in [3.05, 3.63) is 48.0 Å². The average molecular weight is 308 g/mol. The minimum Gasteiger partial charge on any atom is -0.326 e. The molecule has 2 rings (SSSR count). The summed E-state index contributed by atoms with van der Waals surface area (Å²) in [6.45, 7) is 8.87. The molecule has 1 fully saturated rings. The molecule has 116 valence electrons. The van der Waals surface area contributed by atoms with E-state index < -0.39 is 15.3 Å². The van der Waals surface area contributed by atoms with Gasteiger partial charge in [-0.1, -0.05) is 44.2 Å². The van der Waals surface area contributed by atoms with Gasteiger partial charge >= 0.3 is 0 Å². The summed E-state index contributed by atoms with van der Waals surface area (Å²) >= 11 is 0. The van der Waals surface area contributed by atoms with Crippen molar-refractivity contribution in [2.75, 3.05) is 6.54 Å². The van der Waals surface area contributed by atoms with E-state index in [4.69, 9.17) is 5.73 Å². The largest absolute Gasteiger partial charge is 0.326 e. The summed E-state index contributed by atoms with van der Waals surface area (Å²) in [5, 5.41) is -0.690. The molecular formula is C16H24N2O2S. The minimum absolute atomic E-state index is 0.183. The quantitative estimate of drug-likeness (QED) is 0.622. The Morgan fingerprint density at radius 1 is 1.33 bits per heavy atom. The molecule has 0 bridgehead atoms. The van der Waals surface area contributed by atoms with Gasteiger partial charge in [-0.2, -0.15) is 4.31 Å². The van der Waals surface area contributed by atoms with Gasteiger partial charge in [0.25, 0.3) is 0 Å². The number of hydrogen-bond donors (Lipinski definition) is 1. The Morgan fingerprint density at radius 3 is 2.29 bits per heavy atom. The van der Waals surface area contributed by atoms with Crippen LogP contribution in [-0.2, 0) is 16.6 Å². The third kappa shape index (κ3) is 2.78. The number of rotatable bonds is 7. The van der Waals surface area contributed by atoms with Crippen LogP contribution in [0.1, 0.15) is 43.1 Å². The maximum absolute atomic E-state index is 12.8. The maximum Gasteiger partial charge on any atom is 0.225 e. The van der Waals surface area contributed by atoms with E-state index in [0.717, 1.165) is 24.0 Å². The molecule has 1 aromatic carbocycles. The van der Waals surface area contributed by atoms with Gasteiger partial charge in [0.05, 0.1) is 0 Å². The molecule has 1 heterocycles. The topological polar surface area (TPSA) is 63.2 Å². The van der Waals surface area contributed by atoms with Crippen LogP contribution in [-0.4, -0.2) is 24.8 Å². The molecule has 1 aliphatic rings. The lowest BCUT2D eigenvalue weighted by atomic mass is 10.1. The van der Waals surface area contributed by atoms with Crippen LogP contribution in [0.15, 0.2) is 36.9 Å². The second-order valence-electron chi connectivity index (χ2n) is 5.59. The van der Waals surface area contributed by atoms with Crippen molar-refractivity contribution in [1.82, 2.24) is 4.31 Å². The highest BCUT2D eigenvalue weighted by molar-refractivity contribution is 7.89. The summed E-state index contributed by atoms with van der Waals surface area (Å²) in [5.74, 6) is 0. The van der Waals surface area contributed by atoms with E-state index in [0.29, 0.717) is 13.1 Å². The molecule has 4 nitrogen and oxygen atoms in total. The third-order valence-electron chi connectivity index (χ3n) is 4.57. The summed E-state index contributed by atoms with van der Waals surface area (Å²) < 4.78 is 27.3. The molecule has 2 N–H and O–H groups in total. The number of sulfonamides is 1. The van der Waals surface area contributed by atoms with Crippen molar-refractivity contribution >= 4 is 10.0 Å². The SMILES string of the molecule is C=CC(c1ccc(CN)cc1)S(=O)(=O)N1CC1(CC)CC. The summed E-state index contributed by atoms with van der Waals surface area (Å²) in [4.78, 5) is 0. The van der Waals surface area contributed by atoms with Gasteiger partial charge < -0.3 is 5.73 Å². The zero-order valence-electron chi connectivity index (χ0n) is 12.7. The summed E-state index contributed by atoms with van der Waals surface area (Å²) in [5.41, 5.74) is 7.13. The molecule has 0 saturated carbocycles.